The van der Waals surface area contributed by atoms with Gasteiger partial charge in [-0.1, -0.05) is 29.8 Å². The molecule has 6 nitrogen and oxygen atoms in total. The first kappa shape index (κ1) is 17.1. The van der Waals surface area contributed by atoms with E-state index in [1.807, 2.05) is 49.4 Å². The Labute approximate surface area is 161 Å². The highest BCUT2D eigenvalue weighted by atomic mass is 35.5. The summed E-state index contributed by atoms with van der Waals surface area (Å²) in [5.74, 6) is 1.02. The zero-order valence-corrected chi connectivity index (χ0v) is 15.3. The Bertz CT molecular complexity index is 1110. The van der Waals surface area contributed by atoms with Crippen molar-refractivity contribution in [1.82, 2.24) is 15.0 Å². The molecule has 0 radical (unpaired) electrons. The molecule has 2 aromatic carbocycles. The Hall–Kier alpha value is -3.38. The molecule has 2 heterocycles. The van der Waals surface area contributed by atoms with Gasteiger partial charge in [0, 0.05) is 21.8 Å². The third-order valence-corrected chi connectivity index (χ3v) is 4.36. The molecule has 0 fully saturated rings. The molecule has 0 atom stereocenters. The Morgan fingerprint density at radius 2 is 1.63 bits per heavy atom. The van der Waals surface area contributed by atoms with Gasteiger partial charge in [0.15, 0.2) is 11.6 Å². The number of benzene rings is 2. The van der Waals surface area contributed by atoms with E-state index in [4.69, 9.17) is 17.3 Å². The van der Waals surface area contributed by atoms with Crippen LogP contribution in [0.4, 0.5) is 28.7 Å². The molecule has 0 spiro atoms. The second-order valence-corrected chi connectivity index (χ2v) is 6.51. The summed E-state index contributed by atoms with van der Waals surface area (Å²) in [6.45, 7) is 1.96. The molecule has 0 bridgehead atoms. The lowest BCUT2D eigenvalue weighted by Crippen LogP contribution is -2.05. The van der Waals surface area contributed by atoms with Crippen LogP contribution in [0.1, 0.15) is 5.69 Å². The maximum absolute atomic E-state index is 6.29. The van der Waals surface area contributed by atoms with Crippen LogP contribution in [0.15, 0.2) is 60.9 Å². The number of nitrogens with one attached hydrogen (secondary N) is 2. The van der Waals surface area contributed by atoms with Crippen LogP contribution >= 0.6 is 11.6 Å². The van der Waals surface area contributed by atoms with Crippen molar-refractivity contribution in [2.24, 2.45) is 0 Å². The van der Waals surface area contributed by atoms with Gasteiger partial charge in [0.05, 0.1) is 11.2 Å². The van der Waals surface area contributed by atoms with Gasteiger partial charge in [-0.05, 0) is 43.3 Å². The molecule has 0 unspecified atom stereocenters. The van der Waals surface area contributed by atoms with Crippen LogP contribution in [-0.2, 0) is 0 Å². The summed E-state index contributed by atoms with van der Waals surface area (Å²) in [5, 5.41) is 8.16. The third kappa shape index (κ3) is 3.61. The van der Waals surface area contributed by atoms with Crippen LogP contribution in [0.5, 0.6) is 0 Å². The molecule has 0 aliphatic carbocycles. The number of anilines is 5. The van der Waals surface area contributed by atoms with Gasteiger partial charge in [0.1, 0.15) is 12.0 Å². The zero-order chi connectivity index (χ0) is 18.8. The van der Waals surface area contributed by atoms with Crippen LogP contribution in [0, 0.1) is 6.92 Å². The highest BCUT2D eigenvalue weighted by Crippen LogP contribution is 2.31. The Kier molecular flexibility index (Phi) is 4.48. The second-order valence-electron chi connectivity index (χ2n) is 6.07. The first-order chi connectivity index (χ1) is 13.1. The molecule has 4 aromatic rings. The lowest BCUT2D eigenvalue weighted by molar-refractivity contribution is 1.17. The van der Waals surface area contributed by atoms with Gasteiger partial charge < -0.3 is 16.4 Å². The average molecular weight is 377 g/mol. The summed E-state index contributed by atoms with van der Waals surface area (Å²) in [6.07, 6.45) is 1.46. The van der Waals surface area contributed by atoms with Crippen LogP contribution in [0.3, 0.4) is 0 Å². The topological polar surface area (TPSA) is 88.8 Å². The molecule has 7 heteroatoms. The molecular formula is C20H17ClN6. The van der Waals surface area contributed by atoms with Crippen molar-refractivity contribution in [3.05, 3.63) is 71.6 Å². The highest BCUT2D eigenvalue weighted by molar-refractivity contribution is 6.30. The van der Waals surface area contributed by atoms with Crippen molar-refractivity contribution in [2.75, 3.05) is 16.4 Å². The number of rotatable bonds is 4. The molecule has 0 amide bonds. The normalized spacial score (nSPS) is 10.7. The standard InChI is InChI=1S/C20H17ClN6/c1-12-5-6-13-3-2-4-16(18(13)25-12)27-20-17(22)19(23-11-24-20)26-15-9-7-14(21)8-10-15/h2-11H,22H2,1H3,(H2,23,24,26,27). The number of para-hydroxylation sites is 1. The maximum Gasteiger partial charge on any atom is 0.159 e. The van der Waals surface area contributed by atoms with Gasteiger partial charge in [-0.15, -0.1) is 0 Å². The van der Waals surface area contributed by atoms with E-state index >= 15 is 0 Å². The molecular weight excluding hydrogens is 360 g/mol. The summed E-state index contributed by atoms with van der Waals surface area (Å²) in [7, 11) is 0. The van der Waals surface area contributed by atoms with Gasteiger partial charge in [0.25, 0.3) is 0 Å². The minimum absolute atomic E-state index is 0.414. The van der Waals surface area contributed by atoms with Gasteiger partial charge in [-0.2, -0.15) is 0 Å². The Morgan fingerprint density at radius 1 is 0.889 bits per heavy atom. The monoisotopic (exact) mass is 376 g/mol. The molecule has 0 saturated carbocycles. The number of nitrogens with zero attached hydrogens (tertiary/aromatic N) is 3. The average Bonchev–Trinajstić information content (AvgIpc) is 2.67. The quantitative estimate of drug-likeness (QED) is 0.461. The van der Waals surface area contributed by atoms with Gasteiger partial charge in [0.2, 0.25) is 0 Å². The summed E-state index contributed by atoms with van der Waals surface area (Å²) < 4.78 is 0. The molecule has 27 heavy (non-hydrogen) atoms. The van der Waals surface area contributed by atoms with Crippen molar-refractivity contribution in [3.8, 4) is 0 Å². The van der Waals surface area contributed by atoms with Crippen molar-refractivity contribution in [2.45, 2.75) is 6.92 Å². The van der Waals surface area contributed by atoms with Gasteiger partial charge >= 0.3 is 0 Å². The molecule has 0 aliphatic heterocycles. The fraction of sp³-hybridized carbons (Fsp3) is 0.0500. The van der Waals surface area contributed by atoms with E-state index in [1.54, 1.807) is 12.1 Å². The summed E-state index contributed by atoms with van der Waals surface area (Å²) in [6, 6.07) is 17.3. The second kappa shape index (κ2) is 7.09. The van der Waals surface area contributed by atoms with Gasteiger partial charge in [-0.25, -0.2) is 9.97 Å². The van der Waals surface area contributed by atoms with E-state index in [1.165, 1.54) is 6.33 Å². The zero-order valence-electron chi connectivity index (χ0n) is 14.6. The van der Waals surface area contributed by atoms with Crippen LogP contribution in [0.2, 0.25) is 5.02 Å². The summed E-state index contributed by atoms with van der Waals surface area (Å²) in [4.78, 5) is 13.1. The molecule has 134 valence electrons. The third-order valence-electron chi connectivity index (χ3n) is 4.10. The number of hydrogen-bond donors (Lipinski definition) is 3. The fourth-order valence-corrected chi connectivity index (χ4v) is 2.86. The molecule has 4 rings (SSSR count). The van der Waals surface area contributed by atoms with Crippen LogP contribution in [0.25, 0.3) is 10.9 Å². The van der Waals surface area contributed by atoms with E-state index in [0.717, 1.165) is 28.0 Å². The number of pyridine rings is 1. The van der Waals surface area contributed by atoms with E-state index in [-0.39, 0.29) is 0 Å². The molecule has 4 N–H and O–H groups in total. The van der Waals surface area contributed by atoms with Crippen molar-refractivity contribution in [1.29, 1.82) is 0 Å². The van der Waals surface area contributed by atoms with Crippen LogP contribution < -0.4 is 16.4 Å². The fourth-order valence-electron chi connectivity index (χ4n) is 2.74. The predicted molar refractivity (Wildman–Crippen MR) is 111 cm³/mol. The first-order valence-electron chi connectivity index (χ1n) is 8.36. The largest absolute Gasteiger partial charge is 0.393 e. The van der Waals surface area contributed by atoms with E-state index < -0.39 is 0 Å². The predicted octanol–water partition coefficient (Wildman–Crippen LogP) is 5.06. The number of aromatic nitrogens is 3. The number of fused-ring (bicyclic) bond motifs is 1. The Morgan fingerprint density at radius 3 is 2.41 bits per heavy atom. The molecule has 2 aromatic heterocycles. The number of hydrogen-bond acceptors (Lipinski definition) is 6. The van der Waals surface area contributed by atoms with Gasteiger partial charge in [-0.3, -0.25) is 4.98 Å². The van der Waals surface area contributed by atoms with Crippen molar-refractivity contribution < 1.29 is 0 Å². The number of halogens is 1. The van der Waals surface area contributed by atoms with Crippen LogP contribution in [-0.4, -0.2) is 15.0 Å². The summed E-state index contributed by atoms with van der Waals surface area (Å²) in [5.41, 5.74) is 10.2. The maximum atomic E-state index is 6.29. The lowest BCUT2D eigenvalue weighted by atomic mass is 10.1. The molecule has 0 aliphatic rings. The SMILES string of the molecule is Cc1ccc2cccc(Nc3ncnc(Nc4ccc(Cl)cc4)c3N)c2n1. The lowest BCUT2D eigenvalue weighted by Gasteiger charge is -2.14. The first-order valence-corrected chi connectivity index (χ1v) is 8.74. The van der Waals surface area contributed by atoms with Crippen molar-refractivity contribution >= 4 is 51.2 Å². The Balaban J connectivity index is 1.67. The minimum atomic E-state index is 0.414. The van der Waals surface area contributed by atoms with Crippen molar-refractivity contribution in [3.63, 3.8) is 0 Å². The van der Waals surface area contributed by atoms with E-state index in [2.05, 4.69) is 25.6 Å². The number of aryl methyl sites for hydroxylation is 1. The smallest absolute Gasteiger partial charge is 0.159 e. The molecule has 0 saturated heterocycles. The minimum Gasteiger partial charge on any atom is -0.393 e. The highest BCUT2D eigenvalue weighted by Gasteiger charge is 2.11. The van der Waals surface area contributed by atoms with E-state index in [0.29, 0.717) is 22.3 Å². The number of nitrogen functional groups attached to an aromatic ring is 1. The van der Waals surface area contributed by atoms with E-state index in [9.17, 15) is 0 Å². The number of nitrogens with two attached hydrogens (primary N) is 1. The summed E-state index contributed by atoms with van der Waals surface area (Å²) >= 11 is 5.93.